The average Bonchev–Trinajstić information content (AvgIpc) is 2.82. The molecule has 2 aromatic rings. The standard InChI is InChI=1S/C12H16BrN5O/c1-3-4-14-12-16-7-10(13)11(17-12)15-6-9-5-8(2)19-18-9/h5,7H,3-4,6H2,1-2H3,(H2,14,15,16,17). The molecule has 2 N–H and O–H groups in total. The van der Waals surface area contributed by atoms with E-state index in [1.54, 1.807) is 6.20 Å². The molecule has 0 saturated heterocycles. The predicted octanol–water partition coefficient (Wildman–Crippen LogP) is 2.97. The first-order valence-electron chi connectivity index (χ1n) is 6.11. The van der Waals surface area contributed by atoms with Crippen molar-refractivity contribution < 1.29 is 4.52 Å². The summed E-state index contributed by atoms with van der Waals surface area (Å²) in [7, 11) is 0. The van der Waals surface area contributed by atoms with E-state index >= 15 is 0 Å². The Morgan fingerprint density at radius 1 is 1.37 bits per heavy atom. The Balaban J connectivity index is 2.02. The maximum Gasteiger partial charge on any atom is 0.224 e. The molecule has 0 bridgehead atoms. The lowest BCUT2D eigenvalue weighted by Gasteiger charge is -2.08. The van der Waals surface area contributed by atoms with Gasteiger partial charge >= 0.3 is 0 Å². The lowest BCUT2D eigenvalue weighted by molar-refractivity contribution is 0.391. The molecule has 2 aromatic heterocycles. The van der Waals surface area contributed by atoms with E-state index in [1.807, 2.05) is 13.0 Å². The van der Waals surface area contributed by atoms with Crippen LogP contribution in [0.3, 0.4) is 0 Å². The lowest BCUT2D eigenvalue weighted by atomic mass is 10.4. The number of hydrogen-bond donors (Lipinski definition) is 2. The summed E-state index contributed by atoms with van der Waals surface area (Å²) in [5.41, 5.74) is 0.839. The molecule has 0 unspecified atom stereocenters. The molecule has 0 atom stereocenters. The zero-order valence-corrected chi connectivity index (χ0v) is 12.5. The molecule has 7 heteroatoms. The number of rotatable bonds is 6. The Kier molecular flexibility index (Phi) is 4.73. The Morgan fingerprint density at radius 3 is 2.89 bits per heavy atom. The molecule has 0 radical (unpaired) electrons. The third-order valence-corrected chi connectivity index (χ3v) is 2.97. The number of anilines is 2. The highest BCUT2D eigenvalue weighted by Crippen LogP contribution is 2.20. The van der Waals surface area contributed by atoms with Gasteiger partial charge < -0.3 is 15.2 Å². The fraction of sp³-hybridized carbons (Fsp3) is 0.417. The SMILES string of the molecule is CCCNc1ncc(Br)c(NCc2cc(C)on2)n1. The van der Waals surface area contributed by atoms with Crippen molar-refractivity contribution in [1.29, 1.82) is 0 Å². The third-order valence-electron chi connectivity index (χ3n) is 2.39. The van der Waals surface area contributed by atoms with Crippen LogP contribution in [-0.2, 0) is 6.54 Å². The first-order chi connectivity index (χ1) is 9.19. The van der Waals surface area contributed by atoms with Crippen molar-refractivity contribution in [3.8, 4) is 0 Å². The zero-order valence-electron chi connectivity index (χ0n) is 10.9. The zero-order chi connectivity index (χ0) is 13.7. The summed E-state index contributed by atoms with van der Waals surface area (Å²) in [5, 5.41) is 10.3. The van der Waals surface area contributed by atoms with Crippen molar-refractivity contribution in [3.63, 3.8) is 0 Å². The van der Waals surface area contributed by atoms with Crippen LogP contribution in [-0.4, -0.2) is 21.7 Å². The smallest absolute Gasteiger partial charge is 0.224 e. The van der Waals surface area contributed by atoms with Gasteiger partial charge in [-0.1, -0.05) is 12.1 Å². The molecule has 0 aliphatic carbocycles. The maximum absolute atomic E-state index is 5.01. The first-order valence-corrected chi connectivity index (χ1v) is 6.91. The molecule has 102 valence electrons. The highest BCUT2D eigenvalue weighted by Gasteiger charge is 2.06. The van der Waals surface area contributed by atoms with Gasteiger partial charge in [0, 0.05) is 18.8 Å². The fourth-order valence-corrected chi connectivity index (χ4v) is 1.82. The van der Waals surface area contributed by atoms with Crippen molar-refractivity contribution in [2.45, 2.75) is 26.8 Å². The molecular weight excluding hydrogens is 310 g/mol. The second-order valence-corrected chi connectivity index (χ2v) is 4.95. The van der Waals surface area contributed by atoms with Crippen LogP contribution in [0.5, 0.6) is 0 Å². The van der Waals surface area contributed by atoms with Crippen molar-refractivity contribution in [3.05, 3.63) is 28.2 Å². The van der Waals surface area contributed by atoms with Gasteiger partial charge in [0.15, 0.2) is 0 Å². The summed E-state index contributed by atoms with van der Waals surface area (Å²) in [6, 6.07) is 1.89. The molecule has 6 nitrogen and oxygen atoms in total. The van der Waals surface area contributed by atoms with Gasteiger partial charge in [-0.25, -0.2) is 4.98 Å². The van der Waals surface area contributed by atoms with Crippen LogP contribution in [0.25, 0.3) is 0 Å². The maximum atomic E-state index is 5.01. The molecule has 2 heterocycles. The van der Waals surface area contributed by atoms with Crippen molar-refractivity contribution in [2.24, 2.45) is 0 Å². The molecule has 0 spiro atoms. The van der Waals surface area contributed by atoms with E-state index in [0.29, 0.717) is 12.5 Å². The molecule has 19 heavy (non-hydrogen) atoms. The minimum Gasteiger partial charge on any atom is -0.363 e. The van der Waals surface area contributed by atoms with Crippen LogP contribution < -0.4 is 10.6 Å². The van der Waals surface area contributed by atoms with Gasteiger partial charge in [0.1, 0.15) is 17.3 Å². The van der Waals surface area contributed by atoms with E-state index < -0.39 is 0 Å². The number of nitrogens with zero attached hydrogens (tertiary/aromatic N) is 3. The molecule has 0 aliphatic heterocycles. The number of aromatic nitrogens is 3. The van der Waals surface area contributed by atoms with Gasteiger partial charge in [0.05, 0.1) is 11.0 Å². The molecule has 0 aliphatic rings. The van der Waals surface area contributed by atoms with Crippen LogP contribution in [0.2, 0.25) is 0 Å². The van der Waals surface area contributed by atoms with E-state index in [1.165, 1.54) is 0 Å². The van der Waals surface area contributed by atoms with E-state index in [9.17, 15) is 0 Å². The summed E-state index contributed by atoms with van der Waals surface area (Å²) in [5.74, 6) is 2.14. The molecule has 0 aromatic carbocycles. The summed E-state index contributed by atoms with van der Waals surface area (Å²) in [4.78, 5) is 8.59. The minimum absolute atomic E-state index is 0.556. The van der Waals surface area contributed by atoms with Gasteiger partial charge in [-0.05, 0) is 29.3 Å². The highest BCUT2D eigenvalue weighted by atomic mass is 79.9. The van der Waals surface area contributed by atoms with Gasteiger partial charge in [0.2, 0.25) is 5.95 Å². The van der Waals surface area contributed by atoms with Gasteiger partial charge in [0.25, 0.3) is 0 Å². The van der Waals surface area contributed by atoms with Gasteiger partial charge in [-0.3, -0.25) is 0 Å². The monoisotopic (exact) mass is 325 g/mol. The van der Waals surface area contributed by atoms with Crippen LogP contribution >= 0.6 is 15.9 Å². The second kappa shape index (κ2) is 6.51. The Labute approximate surface area is 120 Å². The molecular formula is C12H16BrN5O. The summed E-state index contributed by atoms with van der Waals surface area (Å²) in [6.07, 6.45) is 2.75. The number of aryl methyl sites for hydroxylation is 1. The Hall–Kier alpha value is -1.63. The lowest BCUT2D eigenvalue weighted by Crippen LogP contribution is -2.08. The molecule has 0 fully saturated rings. The van der Waals surface area contributed by atoms with Crippen molar-refractivity contribution >= 4 is 27.7 Å². The van der Waals surface area contributed by atoms with E-state index in [4.69, 9.17) is 4.52 Å². The second-order valence-electron chi connectivity index (χ2n) is 4.10. The summed E-state index contributed by atoms with van der Waals surface area (Å²) >= 11 is 3.42. The largest absolute Gasteiger partial charge is 0.363 e. The number of halogens is 1. The quantitative estimate of drug-likeness (QED) is 0.850. The summed E-state index contributed by atoms with van der Waals surface area (Å²) in [6.45, 7) is 5.37. The van der Waals surface area contributed by atoms with Gasteiger partial charge in [-0.2, -0.15) is 4.98 Å². The van der Waals surface area contributed by atoms with Crippen LogP contribution in [0.1, 0.15) is 24.8 Å². The predicted molar refractivity (Wildman–Crippen MR) is 77.1 cm³/mol. The van der Waals surface area contributed by atoms with Crippen LogP contribution in [0.4, 0.5) is 11.8 Å². The highest BCUT2D eigenvalue weighted by molar-refractivity contribution is 9.10. The third kappa shape index (κ3) is 3.92. The Morgan fingerprint density at radius 2 is 2.21 bits per heavy atom. The minimum atomic E-state index is 0.556. The topological polar surface area (TPSA) is 75.9 Å². The first kappa shape index (κ1) is 13.8. The molecule has 0 saturated carbocycles. The van der Waals surface area contributed by atoms with Crippen molar-refractivity contribution in [1.82, 2.24) is 15.1 Å². The Bertz CT molecular complexity index is 543. The van der Waals surface area contributed by atoms with Crippen LogP contribution in [0.15, 0.2) is 21.3 Å². The van der Waals surface area contributed by atoms with E-state index in [0.717, 1.165) is 34.7 Å². The normalized spacial score (nSPS) is 10.5. The average molecular weight is 326 g/mol. The number of nitrogens with one attached hydrogen (secondary N) is 2. The van der Waals surface area contributed by atoms with Crippen LogP contribution in [0, 0.1) is 6.92 Å². The number of hydrogen-bond acceptors (Lipinski definition) is 6. The summed E-state index contributed by atoms with van der Waals surface area (Å²) < 4.78 is 5.83. The fourth-order valence-electron chi connectivity index (χ4n) is 1.49. The van der Waals surface area contributed by atoms with Gasteiger partial charge in [-0.15, -0.1) is 0 Å². The molecule has 0 amide bonds. The van der Waals surface area contributed by atoms with Crippen molar-refractivity contribution in [2.75, 3.05) is 17.2 Å². The van der Waals surface area contributed by atoms with E-state index in [2.05, 4.69) is 48.6 Å². The van der Waals surface area contributed by atoms with E-state index in [-0.39, 0.29) is 0 Å². The molecule has 2 rings (SSSR count).